The molecule has 28 heavy (non-hydrogen) atoms. The van der Waals surface area contributed by atoms with E-state index in [0.29, 0.717) is 22.9 Å². The zero-order valence-corrected chi connectivity index (χ0v) is 18.6. The van der Waals surface area contributed by atoms with Gasteiger partial charge < -0.3 is 20.1 Å². The first-order valence-electron chi connectivity index (χ1n) is 8.41. The summed E-state index contributed by atoms with van der Waals surface area (Å²) in [6.07, 6.45) is 2.80. The molecule has 0 saturated heterocycles. The van der Waals surface area contributed by atoms with Crippen LogP contribution in [0.5, 0.6) is 0 Å². The Labute approximate surface area is 173 Å². The van der Waals surface area contributed by atoms with Crippen molar-refractivity contribution in [2.24, 2.45) is 0 Å². The fourth-order valence-electron chi connectivity index (χ4n) is 2.10. The van der Waals surface area contributed by atoms with E-state index in [9.17, 15) is 19.2 Å². The van der Waals surface area contributed by atoms with Crippen molar-refractivity contribution < 1.29 is 28.7 Å². The van der Waals surface area contributed by atoms with Crippen LogP contribution >= 0.6 is 21.6 Å². The summed E-state index contributed by atoms with van der Waals surface area (Å²) in [5, 5.41) is 5.91. The predicted octanol–water partition coefficient (Wildman–Crippen LogP) is 1.62. The van der Waals surface area contributed by atoms with E-state index in [2.05, 4.69) is 10.6 Å². The minimum absolute atomic E-state index is 0.128. The van der Waals surface area contributed by atoms with E-state index < -0.39 is 24.0 Å². The Balaban J connectivity index is 4.78. The highest BCUT2D eigenvalue weighted by Crippen LogP contribution is 2.24. The van der Waals surface area contributed by atoms with Gasteiger partial charge in [0.25, 0.3) is 0 Å². The summed E-state index contributed by atoms with van der Waals surface area (Å²) < 4.78 is 9.56. The highest BCUT2D eigenvalue weighted by atomic mass is 33.1. The molecule has 0 heterocycles. The van der Waals surface area contributed by atoms with Gasteiger partial charge in [-0.2, -0.15) is 0 Å². The lowest BCUT2D eigenvalue weighted by molar-refractivity contribution is -0.143. The molecule has 0 aliphatic carbocycles. The molecule has 0 saturated carbocycles. The zero-order chi connectivity index (χ0) is 21.7. The third-order valence-corrected chi connectivity index (χ3v) is 5.59. The largest absolute Gasteiger partial charge is 0.467 e. The standard InChI is InChI=1S/C18H28N2O6S2/c1-11(7-13(3)21)19-15(17(23)25-5)9-27-28-10-16(18(24)26-6)20-12(2)8-14(4)22/h7-8,15-16,19-20H,9-10H2,1-6H3/t15-,16?/m0/s1. The van der Waals surface area contributed by atoms with Crippen molar-refractivity contribution in [2.75, 3.05) is 25.7 Å². The van der Waals surface area contributed by atoms with Crippen LogP contribution in [-0.2, 0) is 28.7 Å². The molecule has 2 atom stereocenters. The minimum atomic E-state index is -0.637. The Bertz CT molecular complexity index is 580. The molecule has 0 aromatic carbocycles. The molecule has 0 fully saturated rings. The summed E-state index contributed by atoms with van der Waals surface area (Å²) in [6.45, 7) is 6.23. The van der Waals surface area contributed by atoms with E-state index in [1.165, 1.54) is 61.8 Å². The normalized spacial score (nSPS) is 13.9. The fraction of sp³-hybridized carbons (Fsp3) is 0.556. The van der Waals surface area contributed by atoms with Crippen LogP contribution in [0.2, 0.25) is 0 Å². The second-order valence-electron chi connectivity index (χ2n) is 5.89. The van der Waals surface area contributed by atoms with Gasteiger partial charge in [0.2, 0.25) is 0 Å². The van der Waals surface area contributed by atoms with E-state index in [1.807, 2.05) is 0 Å². The number of ether oxygens (including phenoxy) is 2. The Hall–Kier alpha value is -1.94. The van der Waals surface area contributed by atoms with Crippen LogP contribution in [0.25, 0.3) is 0 Å². The van der Waals surface area contributed by atoms with Gasteiger partial charge in [-0.3, -0.25) is 9.59 Å². The van der Waals surface area contributed by atoms with Crippen LogP contribution in [0.4, 0.5) is 0 Å². The molecule has 8 nitrogen and oxygen atoms in total. The fourth-order valence-corrected chi connectivity index (χ4v) is 4.39. The Morgan fingerprint density at radius 3 is 1.32 bits per heavy atom. The van der Waals surface area contributed by atoms with Crippen LogP contribution < -0.4 is 10.6 Å². The van der Waals surface area contributed by atoms with Crippen molar-refractivity contribution in [3.05, 3.63) is 23.5 Å². The minimum Gasteiger partial charge on any atom is -0.467 e. The van der Waals surface area contributed by atoms with Crippen LogP contribution in [0.3, 0.4) is 0 Å². The van der Waals surface area contributed by atoms with Gasteiger partial charge in [0.05, 0.1) is 14.2 Å². The molecule has 1 unspecified atom stereocenters. The number of nitrogens with one attached hydrogen (secondary N) is 2. The third-order valence-electron chi connectivity index (χ3n) is 3.17. The topological polar surface area (TPSA) is 111 Å². The second kappa shape index (κ2) is 14.1. The third kappa shape index (κ3) is 11.7. The maximum absolute atomic E-state index is 11.9. The smallest absolute Gasteiger partial charge is 0.329 e. The lowest BCUT2D eigenvalue weighted by Gasteiger charge is -2.19. The number of allylic oxidation sites excluding steroid dienone is 4. The number of methoxy groups -OCH3 is 2. The van der Waals surface area contributed by atoms with Gasteiger partial charge in [0.1, 0.15) is 12.1 Å². The summed E-state index contributed by atoms with van der Waals surface area (Å²) >= 11 is 0. The first-order chi connectivity index (χ1) is 13.1. The van der Waals surface area contributed by atoms with Crippen LogP contribution in [-0.4, -0.2) is 61.3 Å². The molecule has 0 aromatic heterocycles. The van der Waals surface area contributed by atoms with Crippen molar-refractivity contribution in [3.8, 4) is 0 Å². The number of hydrogen-bond acceptors (Lipinski definition) is 10. The molecule has 0 bridgehead atoms. The molecule has 0 spiro atoms. The summed E-state index contributed by atoms with van der Waals surface area (Å²) in [5.74, 6) is -0.444. The monoisotopic (exact) mass is 432 g/mol. The van der Waals surface area contributed by atoms with E-state index in [-0.39, 0.29) is 11.6 Å². The molecule has 0 rings (SSSR count). The number of carbonyl (C=O) groups excluding carboxylic acids is 4. The van der Waals surface area contributed by atoms with Gasteiger partial charge in [0, 0.05) is 22.9 Å². The highest BCUT2D eigenvalue weighted by molar-refractivity contribution is 8.76. The van der Waals surface area contributed by atoms with Gasteiger partial charge in [-0.1, -0.05) is 21.6 Å². The lowest BCUT2D eigenvalue weighted by atomic mass is 10.3. The van der Waals surface area contributed by atoms with E-state index in [4.69, 9.17) is 9.47 Å². The number of carbonyl (C=O) groups is 4. The van der Waals surface area contributed by atoms with E-state index in [1.54, 1.807) is 13.8 Å². The average molecular weight is 433 g/mol. The first-order valence-corrected chi connectivity index (χ1v) is 10.9. The second-order valence-corrected chi connectivity index (χ2v) is 8.44. The molecule has 10 heteroatoms. The van der Waals surface area contributed by atoms with Crippen molar-refractivity contribution >= 4 is 45.1 Å². The molecule has 0 aliphatic rings. The molecule has 0 amide bonds. The average Bonchev–Trinajstić information content (AvgIpc) is 2.60. The lowest BCUT2D eigenvalue weighted by Crippen LogP contribution is -2.39. The summed E-state index contributed by atoms with van der Waals surface area (Å²) in [5.41, 5.74) is 1.13. The quantitative estimate of drug-likeness (QED) is 0.193. The maximum Gasteiger partial charge on any atom is 0.329 e. The Kier molecular flexibility index (Phi) is 13.1. The molecular formula is C18H28N2O6S2. The Morgan fingerprint density at radius 2 is 1.07 bits per heavy atom. The summed E-state index contributed by atoms with van der Waals surface area (Å²) in [4.78, 5) is 46.1. The molecule has 0 aromatic rings. The molecule has 0 aliphatic heterocycles. The van der Waals surface area contributed by atoms with Gasteiger partial charge in [-0.25, -0.2) is 9.59 Å². The molecule has 2 N–H and O–H groups in total. The molecule has 0 radical (unpaired) electrons. The number of hydrogen-bond donors (Lipinski definition) is 2. The number of esters is 2. The maximum atomic E-state index is 11.9. The van der Waals surface area contributed by atoms with Crippen molar-refractivity contribution in [3.63, 3.8) is 0 Å². The predicted molar refractivity (Wildman–Crippen MR) is 112 cm³/mol. The first kappa shape index (κ1) is 26.1. The highest BCUT2D eigenvalue weighted by Gasteiger charge is 2.22. The van der Waals surface area contributed by atoms with Crippen molar-refractivity contribution in [1.82, 2.24) is 10.6 Å². The number of ketones is 2. The molecular weight excluding hydrogens is 404 g/mol. The van der Waals surface area contributed by atoms with Gasteiger partial charge >= 0.3 is 11.9 Å². The molecule has 158 valence electrons. The van der Waals surface area contributed by atoms with Crippen molar-refractivity contribution in [1.29, 1.82) is 0 Å². The van der Waals surface area contributed by atoms with E-state index in [0.717, 1.165) is 0 Å². The SMILES string of the molecule is COC(=O)C(CSSC[C@H](NC(C)=CC(C)=O)C(=O)OC)NC(C)=CC(C)=O. The van der Waals surface area contributed by atoms with E-state index >= 15 is 0 Å². The van der Waals surface area contributed by atoms with Crippen LogP contribution in [0, 0.1) is 0 Å². The van der Waals surface area contributed by atoms with Gasteiger partial charge in [-0.15, -0.1) is 0 Å². The van der Waals surface area contributed by atoms with Crippen LogP contribution in [0.15, 0.2) is 23.5 Å². The van der Waals surface area contributed by atoms with Gasteiger partial charge in [-0.05, 0) is 39.8 Å². The van der Waals surface area contributed by atoms with Crippen molar-refractivity contribution in [2.45, 2.75) is 39.8 Å². The number of rotatable bonds is 13. The summed E-state index contributed by atoms with van der Waals surface area (Å²) in [7, 11) is 5.32. The zero-order valence-electron chi connectivity index (χ0n) is 17.0. The summed E-state index contributed by atoms with van der Waals surface area (Å²) in [6, 6.07) is -1.27. The van der Waals surface area contributed by atoms with Crippen LogP contribution in [0.1, 0.15) is 27.7 Å². The van der Waals surface area contributed by atoms with Gasteiger partial charge in [0.15, 0.2) is 11.6 Å². The Morgan fingerprint density at radius 1 is 0.750 bits per heavy atom.